The highest BCUT2D eigenvalue weighted by molar-refractivity contribution is 6.00. The molecule has 0 unspecified atom stereocenters. The summed E-state index contributed by atoms with van der Waals surface area (Å²) in [5, 5.41) is 15.8. The molecule has 0 N–H and O–H groups in total. The average Bonchev–Trinajstić information content (AvgIpc) is 3.25. The normalized spacial score (nSPS) is 11.0. The number of aromatic nitrogens is 3. The largest absolute Gasteiger partial charge is 0.691 e. The molecule has 5 aromatic rings. The third-order valence-electron chi connectivity index (χ3n) is 5.98. The van der Waals surface area contributed by atoms with E-state index < -0.39 is 0 Å². The second kappa shape index (κ2) is 9.81. The number of hydrogen-bond acceptors (Lipinski definition) is 4. The minimum Gasteiger partial charge on any atom is -0.691 e. The molecule has 0 spiro atoms. The highest BCUT2D eigenvalue weighted by Crippen LogP contribution is 2.27. The van der Waals surface area contributed by atoms with Crippen LogP contribution in [0.15, 0.2) is 97.1 Å². The van der Waals surface area contributed by atoms with E-state index in [1.165, 1.54) is 0 Å². The van der Waals surface area contributed by atoms with Gasteiger partial charge in [0.05, 0.1) is 12.2 Å². The molecule has 1 aromatic heterocycles. The molecule has 0 saturated heterocycles. The fourth-order valence-corrected chi connectivity index (χ4v) is 3.99. The summed E-state index contributed by atoms with van der Waals surface area (Å²) in [6, 6.07) is 30.7. The first-order chi connectivity index (χ1) is 17.1. The van der Waals surface area contributed by atoms with E-state index >= 15 is 0 Å². The molecular formula is C29H25N3O3. The van der Waals surface area contributed by atoms with Crippen molar-refractivity contribution >= 4 is 16.9 Å². The maximum Gasteiger partial charge on any atom is 0.366 e. The molecule has 5 rings (SSSR count). The van der Waals surface area contributed by atoms with Crippen LogP contribution in [0.5, 0.6) is 5.75 Å². The average molecular weight is 464 g/mol. The van der Waals surface area contributed by atoms with Gasteiger partial charge in [0.1, 0.15) is 11.0 Å². The van der Waals surface area contributed by atoms with Crippen molar-refractivity contribution in [3.05, 3.63) is 108 Å². The van der Waals surface area contributed by atoms with E-state index in [0.29, 0.717) is 21.4 Å². The Morgan fingerprint density at radius 2 is 1.37 bits per heavy atom. The number of fused-ring (bicyclic) bond motifs is 1. The van der Waals surface area contributed by atoms with Gasteiger partial charge in [0.15, 0.2) is 0 Å². The van der Waals surface area contributed by atoms with Gasteiger partial charge in [-0.2, -0.15) is 0 Å². The SMILES string of the molecule is CCCCOc1ccc(-c2ccc(-c3ccc(C(=O)n4n[n+]([O-])c5ccccc54)cc3)cc2)cc1. The summed E-state index contributed by atoms with van der Waals surface area (Å²) < 4.78 is 6.89. The smallest absolute Gasteiger partial charge is 0.366 e. The minimum absolute atomic E-state index is 0.347. The molecule has 0 radical (unpaired) electrons. The predicted molar refractivity (Wildman–Crippen MR) is 136 cm³/mol. The first kappa shape index (κ1) is 22.3. The summed E-state index contributed by atoms with van der Waals surface area (Å²) in [7, 11) is 0. The number of hydrogen-bond donors (Lipinski definition) is 0. The summed E-state index contributed by atoms with van der Waals surface area (Å²) in [6.07, 6.45) is 2.17. The highest BCUT2D eigenvalue weighted by atomic mass is 16.5. The van der Waals surface area contributed by atoms with Crippen molar-refractivity contribution in [3.63, 3.8) is 0 Å². The first-order valence-corrected chi connectivity index (χ1v) is 11.7. The molecule has 0 fully saturated rings. The second-order valence-corrected chi connectivity index (χ2v) is 8.35. The van der Waals surface area contributed by atoms with Crippen molar-refractivity contribution in [1.82, 2.24) is 9.90 Å². The molecule has 0 saturated carbocycles. The Balaban J connectivity index is 1.31. The minimum atomic E-state index is -0.347. The summed E-state index contributed by atoms with van der Waals surface area (Å²) in [5.41, 5.74) is 5.59. The summed E-state index contributed by atoms with van der Waals surface area (Å²) in [5.74, 6) is 0.543. The molecule has 1 heterocycles. The van der Waals surface area contributed by atoms with E-state index in [2.05, 4.69) is 48.5 Å². The van der Waals surface area contributed by atoms with Crippen LogP contribution in [0, 0.1) is 5.21 Å². The monoisotopic (exact) mass is 463 g/mol. The fourth-order valence-electron chi connectivity index (χ4n) is 3.99. The Labute approximate surface area is 203 Å². The van der Waals surface area contributed by atoms with Gasteiger partial charge in [-0.05, 0) is 65.1 Å². The van der Waals surface area contributed by atoms with Crippen LogP contribution in [0.2, 0.25) is 0 Å². The number of carbonyl (C=O) groups is 1. The number of carbonyl (C=O) groups excluding carboxylic acids is 1. The van der Waals surface area contributed by atoms with Crippen LogP contribution in [-0.4, -0.2) is 22.4 Å². The topological polar surface area (TPSA) is 71.1 Å². The zero-order valence-electron chi connectivity index (χ0n) is 19.4. The van der Waals surface area contributed by atoms with E-state index in [4.69, 9.17) is 4.74 Å². The predicted octanol–water partition coefficient (Wildman–Crippen LogP) is 5.87. The van der Waals surface area contributed by atoms with Crippen LogP contribution in [0.4, 0.5) is 0 Å². The lowest BCUT2D eigenvalue weighted by Gasteiger charge is -2.08. The Morgan fingerprint density at radius 1 is 0.829 bits per heavy atom. The molecule has 6 nitrogen and oxygen atoms in total. The molecule has 0 atom stereocenters. The third-order valence-corrected chi connectivity index (χ3v) is 5.98. The van der Waals surface area contributed by atoms with Gasteiger partial charge < -0.3 is 9.94 Å². The fraction of sp³-hybridized carbons (Fsp3) is 0.138. The molecule has 35 heavy (non-hydrogen) atoms. The molecule has 174 valence electrons. The lowest BCUT2D eigenvalue weighted by molar-refractivity contribution is -0.645. The van der Waals surface area contributed by atoms with Crippen molar-refractivity contribution < 1.29 is 14.4 Å². The first-order valence-electron chi connectivity index (χ1n) is 11.7. The van der Waals surface area contributed by atoms with Crippen LogP contribution < -0.4 is 9.58 Å². The van der Waals surface area contributed by atoms with Crippen LogP contribution >= 0.6 is 0 Å². The zero-order valence-corrected chi connectivity index (χ0v) is 19.4. The van der Waals surface area contributed by atoms with E-state index in [1.54, 1.807) is 36.4 Å². The number of nitrogens with zero attached hydrogens (tertiary/aromatic N) is 3. The zero-order chi connectivity index (χ0) is 24.2. The highest BCUT2D eigenvalue weighted by Gasteiger charge is 2.22. The van der Waals surface area contributed by atoms with E-state index in [9.17, 15) is 10.0 Å². The van der Waals surface area contributed by atoms with E-state index in [1.807, 2.05) is 24.3 Å². The standard InChI is InChI=1S/C29H25N3O3/c1-2-3-20-35-26-18-16-24(17-19-26)22-10-8-21(9-11-22)23-12-14-25(15-13-23)29(33)31-27-6-4-5-7-28(27)32(34)30-31/h4-19H,2-3,20H2,1H3. The van der Waals surface area contributed by atoms with E-state index in [0.717, 1.165) is 52.1 Å². The van der Waals surface area contributed by atoms with Gasteiger partial charge in [0.2, 0.25) is 11.0 Å². The van der Waals surface area contributed by atoms with Crippen LogP contribution in [-0.2, 0) is 0 Å². The molecule has 0 aliphatic rings. The van der Waals surface area contributed by atoms with Crippen molar-refractivity contribution in [2.75, 3.05) is 6.61 Å². The lowest BCUT2D eigenvalue weighted by Crippen LogP contribution is -2.31. The maximum atomic E-state index is 13.0. The number of para-hydroxylation sites is 2. The Bertz CT molecular complexity index is 1450. The molecular weight excluding hydrogens is 438 g/mol. The third kappa shape index (κ3) is 4.64. The molecule has 0 amide bonds. The molecule has 0 aliphatic carbocycles. The van der Waals surface area contributed by atoms with Gasteiger partial charge in [-0.25, -0.2) is 4.79 Å². The van der Waals surface area contributed by atoms with Gasteiger partial charge in [0.25, 0.3) is 0 Å². The van der Waals surface area contributed by atoms with Gasteiger partial charge in [-0.3, -0.25) is 0 Å². The van der Waals surface area contributed by atoms with Crippen molar-refractivity contribution in [3.8, 4) is 28.0 Å². The van der Waals surface area contributed by atoms with Gasteiger partial charge >= 0.3 is 5.91 Å². The number of rotatable bonds is 7. The second-order valence-electron chi connectivity index (χ2n) is 8.35. The lowest BCUT2D eigenvalue weighted by atomic mass is 9.99. The Hall–Kier alpha value is -4.45. The summed E-state index contributed by atoms with van der Waals surface area (Å²) >= 11 is 0. The Kier molecular flexibility index (Phi) is 6.26. The van der Waals surface area contributed by atoms with Gasteiger partial charge in [-0.15, -0.1) is 4.85 Å². The van der Waals surface area contributed by atoms with E-state index in [-0.39, 0.29) is 5.91 Å². The Morgan fingerprint density at radius 3 is 1.97 bits per heavy atom. The number of ether oxygens (including phenoxy) is 1. The number of unbranched alkanes of at least 4 members (excludes halogenated alkanes) is 1. The van der Waals surface area contributed by atoms with Crippen molar-refractivity contribution in [2.24, 2.45) is 0 Å². The molecule has 4 aromatic carbocycles. The molecule has 0 bridgehead atoms. The van der Waals surface area contributed by atoms with Crippen molar-refractivity contribution in [1.29, 1.82) is 0 Å². The van der Waals surface area contributed by atoms with Gasteiger partial charge in [0, 0.05) is 0 Å². The van der Waals surface area contributed by atoms with Crippen LogP contribution in [0.1, 0.15) is 30.1 Å². The molecule has 0 aliphatic heterocycles. The van der Waals surface area contributed by atoms with Crippen LogP contribution in [0.3, 0.4) is 0 Å². The van der Waals surface area contributed by atoms with Crippen LogP contribution in [0.25, 0.3) is 33.3 Å². The quantitative estimate of drug-likeness (QED) is 0.172. The maximum absolute atomic E-state index is 13.0. The summed E-state index contributed by atoms with van der Waals surface area (Å²) in [4.78, 5) is 13.4. The number of benzene rings is 4. The van der Waals surface area contributed by atoms with Crippen molar-refractivity contribution in [2.45, 2.75) is 19.8 Å². The molecule has 6 heteroatoms. The summed E-state index contributed by atoms with van der Waals surface area (Å²) in [6.45, 7) is 2.89. The van der Waals surface area contributed by atoms with Gasteiger partial charge in [-0.1, -0.05) is 78.7 Å².